The van der Waals surface area contributed by atoms with E-state index in [9.17, 15) is 48.2 Å². The van der Waals surface area contributed by atoms with Gasteiger partial charge >= 0.3 is 13.8 Å². The van der Waals surface area contributed by atoms with E-state index >= 15 is 4.39 Å². The molecule has 2 heterocycles. The molecule has 5 aliphatic rings. The van der Waals surface area contributed by atoms with Gasteiger partial charge in [0.25, 0.3) is 0 Å². The fourth-order valence-corrected chi connectivity index (χ4v) is 12.0. The smallest absolute Gasteiger partial charge is 0.470 e. The number of fused-ring (bicyclic) bond motifs is 7. The summed E-state index contributed by atoms with van der Waals surface area (Å²) >= 11 is 4.35. The number of phosphoric ester groups is 1. The number of amides is 3. The summed E-state index contributed by atoms with van der Waals surface area (Å²) in [5.74, 6) is -5.33. The van der Waals surface area contributed by atoms with Gasteiger partial charge in [0, 0.05) is 45.7 Å². The Balaban J connectivity index is 1.06. The van der Waals surface area contributed by atoms with Gasteiger partial charge in [0.2, 0.25) is 17.7 Å². The molecule has 0 radical (unpaired) electrons. The number of allylic oxidation sites excluding steroid dienone is 4. The van der Waals surface area contributed by atoms with Crippen molar-refractivity contribution in [3.05, 3.63) is 75.5 Å². The Hall–Kier alpha value is -3.98. The standard InChI is InChI=1S/C42H48BrFN3O14PS/c1-39-12-11-26(48)15-24(39)5-8-28-29-16-33-42(32(50)20-59-62(56,57)58,40(29,2)17-31(49)41(28,39)44)61-38(60-33)23-14-27(63-21-23)13-22-3-6-25(7-4-22)46-37(55)30(9-10-36(53)54)47-35(52)19-45-34(51)18-43/h3-4,6-7,11-12,14-15,21,28-31,33,38,49H,5,8-10,13,16-20H2,1-2H3,(H,45,51)(H,46,55)(H,47,52)(H,53,54)(H2,56,57,58)/t28-,29-,30-,31-,33+,38+,39-,40-,41-,42+/m0/s1. The van der Waals surface area contributed by atoms with E-state index in [1.54, 1.807) is 43.5 Å². The SMILES string of the molecule is C[C@]12C=CC(=O)C=C1CC[C@H]1[C@@H]3C[C@H]4O[C@@H](c5csc(Cc6ccc(NC(=O)[C@H](CCC(=O)O)NC(=O)CNC(=O)CBr)cc6)c5)O[C@@]4(C(=O)COP(=O)(O)O)[C@@]3(C)C[C@H](O)[C@@]12F. The maximum atomic E-state index is 17.8. The molecule has 0 bridgehead atoms. The van der Waals surface area contributed by atoms with Crippen LogP contribution in [0.3, 0.4) is 0 Å². The van der Waals surface area contributed by atoms with E-state index in [-0.39, 0.29) is 36.8 Å². The first-order chi connectivity index (χ1) is 29.6. The lowest BCUT2D eigenvalue weighted by Gasteiger charge is -2.62. The summed E-state index contributed by atoms with van der Waals surface area (Å²) in [7, 11) is -5.11. The number of alkyl halides is 2. The van der Waals surface area contributed by atoms with Crippen LogP contribution in [0.2, 0.25) is 0 Å². The Morgan fingerprint density at radius 1 is 1.11 bits per heavy atom. The van der Waals surface area contributed by atoms with Crippen LogP contribution in [0.4, 0.5) is 10.1 Å². The number of Topliss-reactive ketones (excluding diaryl/α,β-unsaturated/α-hetero) is 1. The molecule has 4 fully saturated rings. The van der Waals surface area contributed by atoms with Crippen LogP contribution in [0.25, 0.3) is 0 Å². The Kier molecular flexibility index (Phi) is 13.3. The highest BCUT2D eigenvalue weighted by Gasteiger charge is 2.79. The van der Waals surface area contributed by atoms with Gasteiger partial charge in [-0.15, -0.1) is 11.3 Å². The summed E-state index contributed by atoms with van der Waals surface area (Å²) in [4.78, 5) is 94.8. The molecular weight excluding hydrogens is 932 g/mol. The molecule has 17 nitrogen and oxygen atoms in total. The molecule has 1 aromatic carbocycles. The average Bonchev–Trinajstić information content (AvgIpc) is 3.91. The molecule has 0 spiro atoms. The van der Waals surface area contributed by atoms with Crippen molar-refractivity contribution in [3.8, 4) is 0 Å². The van der Waals surface area contributed by atoms with E-state index < -0.39 is 115 Å². The largest absolute Gasteiger partial charge is 0.481 e. The van der Waals surface area contributed by atoms with Crippen LogP contribution < -0.4 is 16.0 Å². The predicted octanol–water partition coefficient (Wildman–Crippen LogP) is 3.95. The van der Waals surface area contributed by atoms with E-state index in [1.807, 2.05) is 6.07 Å². The van der Waals surface area contributed by atoms with Gasteiger partial charge in [0.1, 0.15) is 12.6 Å². The molecule has 3 amide bonds. The fourth-order valence-electron chi connectivity index (χ4n) is 10.6. The number of carboxylic acids is 1. The monoisotopic (exact) mass is 979 g/mol. The van der Waals surface area contributed by atoms with E-state index in [0.29, 0.717) is 29.7 Å². The summed E-state index contributed by atoms with van der Waals surface area (Å²) in [6, 6.07) is 7.46. The van der Waals surface area contributed by atoms with Crippen LogP contribution in [0.1, 0.15) is 74.7 Å². The zero-order chi connectivity index (χ0) is 45.7. The van der Waals surface area contributed by atoms with Gasteiger partial charge in [0.15, 0.2) is 29.1 Å². The third-order valence-electron chi connectivity index (χ3n) is 13.6. The number of rotatable bonds is 16. The molecule has 340 valence electrons. The normalized spacial score (nSPS) is 32.3. The first-order valence-electron chi connectivity index (χ1n) is 20.3. The number of thiophene rings is 1. The summed E-state index contributed by atoms with van der Waals surface area (Å²) in [6.45, 7) is 2.00. The number of aliphatic hydroxyl groups excluding tert-OH is 1. The fraction of sp³-hybridized carbons (Fsp3) is 0.524. The highest BCUT2D eigenvalue weighted by atomic mass is 79.9. The number of aliphatic carboxylic acids is 1. The lowest BCUT2D eigenvalue weighted by Crippen LogP contribution is -2.69. The van der Waals surface area contributed by atoms with Crippen molar-refractivity contribution >= 4 is 76.0 Å². The van der Waals surface area contributed by atoms with Gasteiger partial charge in [-0.25, -0.2) is 8.96 Å². The second-order valence-corrected chi connectivity index (χ2v) is 20.0. The third-order valence-corrected chi connectivity index (χ3v) is 15.5. The zero-order valence-electron chi connectivity index (χ0n) is 34.2. The second kappa shape index (κ2) is 17.8. The number of nitrogens with one attached hydrogen (secondary N) is 3. The molecule has 10 atom stereocenters. The van der Waals surface area contributed by atoms with Crippen molar-refractivity contribution in [2.24, 2.45) is 22.7 Å². The molecule has 7 rings (SSSR count). The van der Waals surface area contributed by atoms with Crippen molar-refractivity contribution in [2.45, 2.75) is 94.6 Å². The minimum absolute atomic E-state index is 0.0253. The highest BCUT2D eigenvalue weighted by molar-refractivity contribution is 9.09. The minimum Gasteiger partial charge on any atom is -0.481 e. The Bertz CT molecular complexity index is 2300. The Labute approximate surface area is 373 Å². The molecule has 63 heavy (non-hydrogen) atoms. The van der Waals surface area contributed by atoms with E-state index in [1.165, 1.54) is 29.6 Å². The number of halogens is 2. The van der Waals surface area contributed by atoms with Crippen LogP contribution in [-0.2, 0) is 53.8 Å². The van der Waals surface area contributed by atoms with Crippen LogP contribution in [0, 0.1) is 22.7 Å². The van der Waals surface area contributed by atoms with Crippen molar-refractivity contribution in [3.63, 3.8) is 0 Å². The summed E-state index contributed by atoms with van der Waals surface area (Å²) in [5.41, 5.74) is -4.26. The van der Waals surface area contributed by atoms with E-state index in [2.05, 4.69) is 31.9 Å². The summed E-state index contributed by atoms with van der Waals surface area (Å²) in [5, 5.41) is 30.3. The molecule has 1 saturated heterocycles. The number of hydrogen-bond donors (Lipinski definition) is 7. The molecule has 2 aromatic rings. The average molecular weight is 981 g/mol. The van der Waals surface area contributed by atoms with Gasteiger partial charge < -0.3 is 45.4 Å². The topological polar surface area (TPSA) is 264 Å². The zero-order valence-corrected chi connectivity index (χ0v) is 37.5. The van der Waals surface area contributed by atoms with Gasteiger partial charge in [-0.3, -0.25) is 33.3 Å². The van der Waals surface area contributed by atoms with Crippen molar-refractivity contribution in [1.82, 2.24) is 10.6 Å². The number of ketones is 2. The van der Waals surface area contributed by atoms with Crippen molar-refractivity contribution in [1.29, 1.82) is 0 Å². The van der Waals surface area contributed by atoms with Gasteiger partial charge in [-0.05, 0) is 86.2 Å². The first-order valence-corrected chi connectivity index (χ1v) is 23.9. The van der Waals surface area contributed by atoms with Crippen molar-refractivity contribution in [2.75, 3.05) is 23.8 Å². The Morgan fingerprint density at radius 3 is 2.52 bits per heavy atom. The number of benzene rings is 1. The number of ether oxygens (including phenoxy) is 2. The Morgan fingerprint density at radius 2 is 1.84 bits per heavy atom. The maximum Gasteiger partial charge on any atom is 0.470 e. The number of hydrogen-bond acceptors (Lipinski definition) is 12. The lowest BCUT2D eigenvalue weighted by atomic mass is 9.44. The maximum absolute atomic E-state index is 17.8. The minimum atomic E-state index is -5.11. The highest BCUT2D eigenvalue weighted by Crippen LogP contribution is 2.72. The number of phosphoric acid groups is 1. The third kappa shape index (κ3) is 8.78. The molecule has 1 aliphatic heterocycles. The lowest BCUT2D eigenvalue weighted by molar-refractivity contribution is -0.231. The molecule has 21 heteroatoms. The molecule has 1 aromatic heterocycles. The number of carbonyl (C=O) groups is 6. The van der Waals surface area contributed by atoms with Gasteiger partial charge in [-0.1, -0.05) is 46.6 Å². The molecule has 7 N–H and O–H groups in total. The van der Waals surface area contributed by atoms with Gasteiger partial charge in [0.05, 0.1) is 24.1 Å². The van der Waals surface area contributed by atoms with Crippen LogP contribution in [0.5, 0.6) is 0 Å². The number of carboxylic acid groups (broad SMARTS) is 1. The van der Waals surface area contributed by atoms with Crippen molar-refractivity contribution < 1.29 is 71.7 Å². The van der Waals surface area contributed by atoms with Gasteiger partial charge in [-0.2, -0.15) is 0 Å². The molecule has 0 unspecified atom stereocenters. The first kappa shape index (κ1) is 47.0. The number of carbonyl (C=O) groups excluding carboxylic acids is 5. The van der Waals surface area contributed by atoms with E-state index in [0.717, 1.165) is 10.4 Å². The number of aliphatic hydroxyl groups is 1. The summed E-state index contributed by atoms with van der Waals surface area (Å²) in [6.07, 6.45) is 0.990. The summed E-state index contributed by atoms with van der Waals surface area (Å²) < 4.78 is 47.5. The molecule has 4 aliphatic carbocycles. The van der Waals surface area contributed by atoms with Crippen LogP contribution in [-0.4, -0.2) is 103 Å². The quantitative estimate of drug-likeness (QED) is 0.0929. The molecular formula is C42H48BrFN3O14PS. The molecule has 3 saturated carbocycles. The number of anilines is 1. The van der Waals surface area contributed by atoms with Crippen LogP contribution >= 0.6 is 35.1 Å². The van der Waals surface area contributed by atoms with E-state index in [4.69, 9.17) is 19.1 Å². The predicted molar refractivity (Wildman–Crippen MR) is 226 cm³/mol. The van der Waals surface area contributed by atoms with Crippen LogP contribution in [0.15, 0.2) is 59.5 Å². The second-order valence-electron chi connectivity index (χ2n) is 17.2.